The summed E-state index contributed by atoms with van der Waals surface area (Å²) in [5.41, 5.74) is 0.476. The van der Waals surface area contributed by atoms with Gasteiger partial charge in [0, 0.05) is 6.07 Å². The summed E-state index contributed by atoms with van der Waals surface area (Å²) in [6.07, 6.45) is 3.80. The Kier molecular flexibility index (Phi) is 5.63. The molecule has 1 fully saturated rings. The Balaban J connectivity index is 1.89. The number of esters is 1. The molecule has 0 aliphatic heterocycles. The lowest BCUT2D eigenvalue weighted by atomic mass is 10.1. The third kappa shape index (κ3) is 4.13. The normalized spacial score (nSPS) is 14.5. The molecule has 0 heterocycles. The van der Waals surface area contributed by atoms with Gasteiger partial charge < -0.3 is 19.5 Å². The number of rotatable bonds is 6. The molecule has 0 saturated heterocycles. The third-order valence-electron chi connectivity index (χ3n) is 3.71. The van der Waals surface area contributed by atoms with Gasteiger partial charge in [-0.3, -0.25) is 9.59 Å². The van der Waals surface area contributed by atoms with Gasteiger partial charge in [-0.15, -0.1) is 0 Å². The van der Waals surface area contributed by atoms with Gasteiger partial charge in [-0.1, -0.05) is 12.8 Å². The lowest BCUT2D eigenvalue weighted by Gasteiger charge is -2.13. The first kappa shape index (κ1) is 16.1. The van der Waals surface area contributed by atoms with Crippen molar-refractivity contribution in [1.29, 1.82) is 0 Å². The molecule has 2 rings (SSSR count). The van der Waals surface area contributed by atoms with Gasteiger partial charge in [0.25, 0.3) is 5.91 Å². The summed E-state index contributed by atoms with van der Waals surface area (Å²) in [5.74, 6) is 0.359. The fourth-order valence-corrected chi connectivity index (χ4v) is 2.51. The van der Waals surface area contributed by atoms with Crippen LogP contribution in [0.2, 0.25) is 0 Å². The van der Waals surface area contributed by atoms with Gasteiger partial charge >= 0.3 is 5.97 Å². The van der Waals surface area contributed by atoms with Gasteiger partial charge in [-0.25, -0.2) is 0 Å². The Labute approximate surface area is 129 Å². The molecule has 1 aliphatic carbocycles. The van der Waals surface area contributed by atoms with Crippen molar-refractivity contribution >= 4 is 17.6 Å². The molecule has 1 saturated carbocycles. The van der Waals surface area contributed by atoms with E-state index in [1.807, 2.05) is 0 Å². The number of amides is 1. The molecular weight excluding hydrogens is 286 g/mol. The molecule has 120 valence electrons. The molecule has 0 radical (unpaired) electrons. The zero-order valence-electron chi connectivity index (χ0n) is 12.9. The molecule has 0 atom stereocenters. The maximum absolute atomic E-state index is 11.9. The minimum absolute atomic E-state index is 0.0563. The summed E-state index contributed by atoms with van der Waals surface area (Å²) in [7, 11) is 3.05. The Morgan fingerprint density at radius 1 is 1.18 bits per heavy atom. The van der Waals surface area contributed by atoms with Crippen LogP contribution in [0.25, 0.3) is 0 Å². The molecule has 22 heavy (non-hydrogen) atoms. The monoisotopic (exact) mass is 307 g/mol. The van der Waals surface area contributed by atoms with Crippen LogP contribution >= 0.6 is 0 Å². The van der Waals surface area contributed by atoms with E-state index in [4.69, 9.17) is 14.2 Å². The van der Waals surface area contributed by atoms with Gasteiger partial charge in [0.2, 0.25) is 0 Å². The largest absolute Gasteiger partial charge is 0.497 e. The van der Waals surface area contributed by atoms with E-state index in [1.54, 1.807) is 18.2 Å². The maximum atomic E-state index is 11.9. The number of carbonyl (C=O) groups is 2. The lowest BCUT2D eigenvalue weighted by molar-refractivity contribution is -0.151. The van der Waals surface area contributed by atoms with Crippen LogP contribution in [0.3, 0.4) is 0 Å². The number of nitrogens with one attached hydrogen (secondary N) is 1. The molecule has 1 amide bonds. The third-order valence-corrected chi connectivity index (χ3v) is 3.71. The summed E-state index contributed by atoms with van der Waals surface area (Å²) in [6, 6.07) is 5.07. The fraction of sp³-hybridized carbons (Fsp3) is 0.500. The molecule has 0 unspecified atom stereocenters. The number of carbonyl (C=O) groups excluding carboxylic acids is 2. The Bertz CT molecular complexity index is 537. The Hall–Kier alpha value is -2.24. The van der Waals surface area contributed by atoms with Crippen LogP contribution in [0.1, 0.15) is 25.7 Å². The van der Waals surface area contributed by atoms with Gasteiger partial charge in [-0.05, 0) is 25.0 Å². The van der Waals surface area contributed by atoms with Crippen molar-refractivity contribution in [3.8, 4) is 11.5 Å². The van der Waals surface area contributed by atoms with Gasteiger partial charge in [0.05, 0.1) is 25.8 Å². The minimum Gasteiger partial charge on any atom is -0.497 e. The van der Waals surface area contributed by atoms with E-state index >= 15 is 0 Å². The molecule has 1 N–H and O–H groups in total. The predicted octanol–water partition coefficient (Wildman–Crippen LogP) is 2.38. The van der Waals surface area contributed by atoms with Crippen LogP contribution in [0, 0.1) is 5.92 Å². The quantitative estimate of drug-likeness (QED) is 0.817. The standard InChI is InChI=1S/C16H21NO5/c1-20-12-7-8-14(21-2)13(9-12)17-15(18)10-22-16(19)11-5-3-4-6-11/h7-9,11H,3-6,10H2,1-2H3,(H,17,18). The smallest absolute Gasteiger partial charge is 0.309 e. The molecule has 6 heteroatoms. The molecule has 0 bridgehead atoms. The average Bonchev–Trinajstić information content (AvgIpc) is 3.07. The van der Waals surface area contributed by atoms with Gasteiger partial charge in [-0.2, -0.15) is 0 Å². The predicted molar refractivity (Wildman–Crippen MR) is 81.1 cm³/mol. The van der Waals surface area contributed by atoms with E-state index in [-0.39, 0.29) is 18.5 Å². The fourth-order valence-electron chi connectivity index (χ4n) is 2.51. The van der Waals surface area contributed by atoms with Crippen molar-refractivity contribution in [3.63, 3.8) is 0 Å². The zero-order chi connectivity index (χ0) is 15.9. The van der Waals surface area contributed by atoms with Gasteiger partial charge in [0.1, 0.15) is 11.5 Å². The Morgan fingerprint density at radius 2 is 1.91 bits per heavy atom. The van der Waals surface area contributed by atoms with Crippen molar-refractivity contribution in [2.45, 2.75) is 25.7 Å². The number of anilines is 1. The van der Waals surface area contributed by atoms with E-state index in [9.17, 15) is 9.59 Å². The number of methoxy groups -OCH3 is 2. The van der Waals surface area contributed by atoms with E-state index in [2.05, 4.69) is 5.32 Å². The molecule has 0 aromatic heterocycles. The number of ether oxygens (including phenoxy) is 3. The molecule has 1 aliphatic rings. The van der Waals surface area contributed by atoms with Gasteiger partial charge in [0.15, 0.2) is 6.61 Å². The van der Waals surface area contributed by atoms with Crippen molar-refractivity contribution in [1.82, 2.24) is 0 Å². The van der Waals surface area contributed by atoms with Crippen molar-refractivity contribution in [3.05, 3.63) is 18.2 Å². The lowest BCUT2D eigenvalue weighted by Crippen LogP contribution is -2.24. The second-order valence-electron chi connectivity index (χ2n) is 5.20. The maximum Gasteiger partial charge on any atom is 0.309 e. The zero-order valence-corrected chi connectivity index (χ0v) is 12.9. The summed E-state index contributed by atoms with van der Waals surface area (Å²) < 4.78 is 15.4. The molecule has 0 spiro atoms. The van der Waals surface area contributed by atoms with Crippen molar-refractivity contribution in [2.24, 2.45) is 5.92 Å². The summed E-state index contributed by atoms with van der Waals surface area (Å²) >= 11 is 0. The second kappa shape index (κ2) is 7.68. The Morgan fingerprint density at radius 3 is 2.55 bits per heavy atom. The molecular formula is C16H21NO5. The van der Waals surface area contributed by atoms with Crippen LogP contribution in [0.4, 0.5) is 5.69 Å². The highest BCUT2D eigenvalue weighted by Gasteiger charge is 2.24. The molecule has 6 nitrogen and oxygen atoms in total. The van der Waals surface area contributed by atoms with E-state index < -0.39 is 5.91 Å². The minimum atomic E-state index is -0.405. The van der Waals surface area contributed by atoms with E-state index in [0.29, 0.717) is 17.2 Å². The highest BCUT2D eigenvalue weighted by atomic mass is 16.5. The van der Waals surface area contributed by atoms with Crippen LogP contribution < -0.4 is 14.8 Å². The van der Waals surface area contributed by atoms with E-state index in [1.165, 1.54) is 14.2 Å². The number of benzene rings is 1. The topological polar surface area (TPSA) is 73.9 Å². The van der Waals surface area contributed by atoms with Crippen LogP contribution in [0.5, 0.6) is 11.5 Å². The molecule has 1 aromatic rings. The SMILES string of the molecule is COc1ccc(OC)c(NC(=O)COC(=O)C2CCCC2)c1. The van der Waals surface area contributed by atoms with Crippen molar-refractivity contribution in [2.75, 3.05) is 26.1 Å². The first-order valence-corrected chi connectivity index (χ1v) is 7.32. The first-order chi connectivity index (χ1) is 10.6. The first-order valence-electron chi connectivity index (χ1n) is 7.32. The number of hydrogen-bond acceptors (Lipinski definition) is 5. The summed E-state index contributed by atoms with van der Waals surface area (Å²) in [5, 5.41) is 2.66. The average molecular weight is 307 g/mol. The summed E-state index contributed by atoms with van der Waals surface area (Å²) in [6.45, 7) is -0.296. The van der Waals surface area contributed by atoms with Crippen LogP contribution in [-0.2, 0) is 14.3 Å². The molecule has 1 aromatic carbocycles. The second-order valence-corrected chi connectivity index (χ2v) is 5.20. The number of hydrogen-bond donors (Lipinski definition) is 1. The highest BCUT2D eigenvalue weighted by molar-refractivity contribution is 5.94. The van der Waals surface area contributed by atoms with E-state index in [0.717, 1.165) is 25.7 Å². The van der Waals surface area contributed by atoms with Crippen LogP contribution in [0.15, 0.2) is 18.2 Å². The van der Waals surface area contributed by atoms with Crippen LogP contribution in [-0.4, -0.2) is 32.7 Å². The van der Waals surface area contributed by atoms with Crippen molar-refractivity contribution < 1.29 is 23.8 Å². The summed E-state index contributed by atoms with van der Waals surface area (Å²) in [4.78, 5) is 23.7. The highest BCUT2D eigenvalue weighted by Crippen LogP contribution is 2.29.